The number of rotatable bonds is 6. The van der Waals surface area contributed by atoms with Gasteiger partial charge in [0, 0.05) is 5.56 Å². The Labute approximate surface area is 172 Å². The molecule has 1 heterocycles. The number of carboxylic acid groups (broad SMARTS) is 1. The van der Waals surface area contributed by atoms with Crippen LogP contribution in [0.1, 0.15) is 61.6 Å². The van der Waals surface area contributed by atoms with Crippen LogP contribution in [0.5, 0.6) is 0 Å². The van der Waals surface area contributed by atoms with Gasteiger partial charge in [-0.3, -0.25) is 9.48 Å². The van der Waals surface area contributed by atoms with Crippen LogP contribution in [0.4, 0.5) is 13.2 Å². The number of nitrogens with one attached hydrogen (secondary N) is 1. The van der Waals surface area contributed by atoms with Crippen molar-refractivity contribution < 1.29 is 27.9 Å². The monoisotopic (exact) mass is 423 g/mol. The third kappa shape index (κ3) is 4.49. The first-order chi connectivity index (χ1) is 14.1. The highest BCUT2D eigenvalue weighted by atomic mass is 19.4. The summed E-state index contributed by atoms with van der Waals surface area (Å²) in [6.07, 6.45) is -1.18. The van der Waals surface area contributed by atoms with Gasteiger partial charge in [-0.1, -0.05) is 44.9 Å². The predicted octanol–water partition coefficient (Wildman–Crippen LogP) is 4.52. The zero-order valence-corrected chi connectivity index (χ0v) is 16.7. The molecule has 0 aliphatic heterocycles. The van der Waals surface area contributed by atoms with Gasteiger partial charge in [0.05, 0.1) is 17.3 Å². The van der Waals surface area contributed by atoms with E-state index in [2.05, 4.69) is 10.4 Å². The molecule has 0 bridgehead atoms. The number of amides is 1. The number of carbonyl (C=O) groups is 2. The largest absolute Gasteiger partial charge is 0.480 e. The van der Waals surface area contributed by atoms with Gasteiger partial charge >= 0.3 is 12.1 Å². The Morgan fingerprint density at radius 2 is 1.83 bits per heavy atom. The maximum absolute atomic E-state index is 13.6. The molecule has 1 saturated carbocycles. The molecular weight excluding hydrogens is 399 g/mol. The standard InChI is InChI=1S/C21H24F3N3O3/c1-12(2)18(20(29)30)25-19(28)16-11-17(27(26-16)13-7-3-4-8-13)14-9-5-6-10-15(14)21(22,23)24/h5-6,9-13,18H,3-4,7-8H2,1-2H3,(H,25,28)(H,29,30). The van der Waals surface area contributed by atoms with E-state index in [1.54, 1.807) is 13.8 Å². The number of hydrogen-bond donors (Lipinski definition) is 2. The molecule has 0 radical (unpaired) electrons. The van der Waals surface area contributed by atoms with Crippen molar-refractivity contribution >= 4 is 11.9 Å². The van der Waals surface area contributed by atoms with Crippen LogP contribution in [0.2, 0.25) is 0 Å². The fourth-order valence-electron chi connectivity index (χ4n) is 3.82. The summed E-state index contributed by atoms with van der Waals surface area (Å²) >= 11 is 0. The minimum absolute atomic E-state index is 0.0536. The van der Waals surface area contributed by atoms with Gasteiger partial charge in [0.15, 0.2) is 5.69 Å². The number of hydrogen-bond acceptors (Lipinski definition) is 3. The van der Waals surface area contributed by atoms with Crippen LogP contribution in [0.15, 0.2) is 30.3 Å². The zero-order chi connectivity index (χ0) is 22.1. The summed E-state index contributed by atoms with van der Waals surface area (Å²) < 4.78 is 42.2. The molecule has 2 N–H and O–H groups in total. The number of benzene rings is 1. The summed E-state index contributed by atoms with van der Waals surface area (Å²) in [7, 11) is 0. The fourth-order valence-corrected chi connectivity index (χ4v) is 3.82. The van der Waals surface area contributed by atoms with E-state index in [0.29, 0.717) is 0 Å². The number of alkyl halides is 3. The summed E-state index contributed by atoms with van der Waals surface area (Å²) in [5.41, 5.74) is -0.749. The Morgan fingerprint density at radius 1 is 1.20 bits per heavy atom. The number of aromatic nitrogens is 2. The Hall–Kier alpha value is -2.84. The number of carbonyl (C=O) groups excluding carboxylic acids is 1. The lowest BCUT2D eigenvalue weighted by Gasteiger charge is -2.17. The summed E-state index contributed by atoms with van der Waals surface area (Å²) in [5, 5.41) is 16.0. The van der Waals surface area contributed by atoms with E-state index >= 15 is 0 Å². The average Bonchev–Trinajstić information content (AvgIpc) is 3.34. The van der Waals surface area contributed by atoms with Crippen LogP contribution in [-0.4, -0.2) is 32.8 Å². The van der Waals surface area contributed by atoms with Crippen LogP contribution in [0.3, 0.4) is 0 Å². The molecule has 1 fully saturated rings. The van der Waals surface area contributed by atoms with E-state index < -0.39 is 29.7 Å². The van der Waals surface area contributed by atoms with Gasteiger partial charge in [0.2, 0.25) is 0 Å². The van der Waals surface area contributed by atoms with Crippen molar-refractivity contribution in [1.82, 2.24) is 15.1 Å². The van der Waals surface area contributed by atoms with Crippen molar-refractivity contribution in [3.63, 3.8) is 0 Å². The molecule has 3 rings (SSSR count). The lowest BCUT2D eigenvalue weighted by atomic mass is 10.0. The third-order valence-corrected chi connectivity index (χ3v) is 5.37. The second kappa shape index (κ2) is 8.49. The number of carboxylic acids is 1. The first kappa shape index (κ1) is 21.9. The summed E-state index contributed by atoms with van der Waals surface area (Å²) in [4.78, 5) is 24.1. The van der Waals surface area contributed by atoms with Gasteiger partial charge in [-0.05, 0) is 30.9 Å². The van der Waals surface area contributed by atoms with E-state index in [1.165, 1.54) is 28.9 Å². The highest BCUT2D eigenvalue weighted by Gasteiger charge is 2.35. The van der Waals surface area contributed by atoms with Crippen molar-refractivity contribution in [1.29, 1.82) is 0 Å². The van der Waals surface area contributed by atoms with Crippen LogP contribution < -0.4 is 5.32 Å². The lowest BCUT2D eigenvalue weighted by molar-refractivity contribution is -0.140. The SMILES string of the molecule is CC(C)C(NC(=O)c1cc(-c2ccccc2C(F)(F)F)n(C2CCCC2)n1)C(=O)O. The van der Waals surface area contributed by atoms with Crippen molar-refractivity contribution in [3.05, 3.63) is 41.6 Å². The maximum atomic E-state index is 13.6. The Balaban J connectivity index is 2.05. The molecule has 6 nitrogen and oxygen atoms in total. The van der Waals surface area contributed by atoms with Crippen LogP contribution >= 0.6 is 0 Å². The van der Waals surface area contributed by atoms with E-state index in [1.807, 2.05) is 0 Å². The maximum Gasteiger partial charge on any atom is 0.417 e. The minimum atomic E-state index is -4.56. The third-order valence-electron chi connectivity index (χ3n) is 5.37. The van der Waals surface area contributed by atoms with Gasteiger partial charge in [-0.2, -0.15) is 18.3 Å². The van der Waals surface area contributed by atoms with E-state index in [0.717, 1.165) is 31.7 Å². The first-order valence-electron chi connectivity index (χ1n) is 9.89. The topological polar surface area (TPSA) is 84.2 Å². The second-order valence-corrected chi connectivity index (χ2v) is 7.87. The molecule has 1 amide bonds. The van der Waals surface area contributed by atoms with Gasteiger partial charge in [-0.25, -0.2) is 4.79 Å². The van der Waals surface area contributed by atoms with Gasteiger partial charge in [0.25, 0.3) is 5.91 Å². The summed E-state index contributed by atoms with van der Waals surface area (Å²) in [6, 6.07) is 5.27. The predicted molar refractivity (Wildman–Crippen MR) is 104 cm³/mol. The Bertz CT molecular complexity index is 931. The van der Waals surface area contributed by atoms with Crippen molar-refractivity contribution in [2.75, 3.05) is 0 Å². The van der Waals surface area contributed by atoms with Crippen molar-refractivity contribution in [3.8, 4) is 11.3 Å². The van der Waals surface area contributed by atoms with Crippen LogP contribution in [-0.2, 0) is 11.0 Å². The molecule has 1 aromatic carbocycles. The fraction of sp³-hybridized carbons (Fsp3) is 0.476. The highest BCUT2D eigenvalue weighted by molar-refractivity contribution is 5.96. The molecule has 1 aromatic heterocycles. The highest BCUT2D eigenvalue weighted by Crippen LogP contribution is 2.40. The van der Waals surface area contributed by atoms with Crippen LogP contribution in [0.25, 0.3) is 11.3 Å². The molecule has 9 heteroatoms. The number of nitrogens with zero attached hydrogens (tertiary/aromatic N) is 2. The van der Waals surface area contributed by atoms with Gasteiger partial charge < -0.3 is 10.4 Å². The van der Waals surface area contributed by atoms with Crippen molar-refractivity contribution in [2.24, 2.45) is 5.92 Å². The van der Waals surface area contributed by atoms with E-state index in [4.69, 9.17) is 0 Å². The quantitative estimate of drug-likeness (QED) is 0.715. The molecule has 2 aromatic rings. The number of aliphatic carboxylic acids is 1. The smallest absolute Gasteiger partial charge is 0.417 e. The van der Waals surface area contributed by atoms with Crippen LogP contribution in [0, 0.1) is 5.92 Å². The lowest BCUT2D eigenvalue weighted by Crippen LogP contribution is -2.44. The molecular formula is C21H24F3N3O3. The molecule has 0 spiro atoms. The first-order valence-corrected chi connectivity index (χ1v) is 9.89. The second-order valence-electron chi connectivity index (χ2n) is 7.87. The minimum Gasteiger partial charge on any atom is -0.480 e. The Morgan fingerprint density at radius 3 is 2.40 bits per heavy atom. The average molecular weight is 423 g/mol. The molecule has 0 saturated heterocycles. The summed E-state index contributed by atoms with van der Waals surface area (Å²) in [6.45, 7) is 3.31. The molecule has 1 unspecified atom stereocenters. The van der Waals surface area contributed by atoms with Crippen molar-refractivity contribution in [2.45, 2.75) is 57.8 Å². The zero-order valence-electron chi connectivity index (χ0n) is 16.7. The number of halogens is 3. The Kier molecular flexibility index (Phi) is 6.19. The molecule has 162 valence electrons. The molecule has 1 aliphatic rings. The molecule has 30 heavy (non-hydrogen) atoms. The summed E-state index contributed by atoms with van der Waals surface area (Å²) in [5.74, 6) is -2.27. The van der Waals surface area contributed by atoms with Gasteiger partial charge in [-0.15, -0.1) is 0 Å². The van der Waals surface area contributed by atoms with Gasteiger partial charge in [0.1, 0.15) is 6.04 Å². The van der Waals surface area contributed by atoms with E-state index in [9.17, 15) is 27.9 Å². The van der Waals surface area contributed by atoms with E-state index in [-0.39, 0.29) is 28.9 Å². The molecule has 1 aliphatic carbocycles. The molecule has 1 atom stereocenters. The normalized spacial score (nSPS) is 16.1.